The molecule has 0 saturated heterocycles. The van der Waals surface area contributed by atoms with Crippen LogP contribution in [0.3, 0.4) is 0 Å². The first-order valence-corrected chi connectivity index (χ1v) is 7.49. The van der Waals surface area contributed by atoms with Gasteiger partial charge < -0.3 is 5.32 Å². The van der Waals surface area contributed by atoms with Gasteiger partial charge in [0.25, 0.3) is 0 Å². The molecule has 0 spiro atoms. The fourth-order valence-corrected chi connectivity index (χ4v) is 3.00. The lowest BCUT2D eigenvalue weighted by atomic mass is 9.85. The molecule has 0 aromatic carbocycles. The Hall–Kier alpha value is -2.47. The molecule has 2 heterocycles. The summed E-state index contributed by atoms with van der Waals surface area (Å²) in [7, 11) is 0. The van der Waals surface area contributed by atoms with Crippen LogP contribution in [-0.4, -0.2) is 21.9 Å². The minimum atomic E-state index is -4.55. The average molecular weight is 338 g/mol. The quantitative estimate of drug-likeness (QED) is 0.907. The highest BCUT2D eigenvalue weighted by Crippen LogP contribution is 2.36. The first-order valence-electron chi connectivity index (χ1n) is 6.61. The van der Waals surface area contributed by atoms with Crippen molar-refractivity contribution in [2.75, 3.05) is 5.32 Å². The van der Waals surface area contributed by atoms with Gasteiger partial charge in [-0.25, -0.2) is 9.97 Å². The summed E-state index contributed by atoms with van der Waals surface area (Å²) in [5, 5.41) is 13.3. The number of Topliss-reactive ketones (excluding diaryl/α,β-unsaturated/α-hetero) is 1. The van der Waals surface area contributed by atoms with Gasteiger partial charge >= 0.3 is 6.18 Å². The number of alkyl halides is 3. The van der Waals surface area contributed by atoms with E-state index in [0.717, 1.165) is 6.20 Å². The van der Waals surface area contributed by atoms with Gasteiger partial charge in [-0.1, -0.05) is 0 Å². The maximum Gasteiger partial charge on any atom is 0.398 e. The molecule has 5 nitrogen and oxygen atoms in total. The molecule has 1 atom stereocenters. The fourth-order valence-electron chi connectivity index (χ4n) is 2.38. The van der Waals surface area contributed by atoms with Crippen LogP contribution in [-0.2, 0) is 6.42 Å². The van der Waals surface area contributed by atoms with Gasteiger partial charge in [0.15, 0.2) is 5.78 Å². The topological polar surface area (TPSA) is 78.7 Å². The molecule has 3 rings (SSSR count). The molecule has 0 bridgehead atoms. The van der Waals surface area contributed by atoms with Crippen molar-refractivity contribution in [3.63, 3.8) is 0 Å². The summed E-state index contributed by atoms with van der Waals surface area (Å²) in [5.41, 5.74) is 0.845. The molecule has 0 aliphatic heterocycles. The van der Waals surface area contributed by atoms with E-state index in [4.69, 9.17) is 5.26 Å². The molecule has 0 fully saturated rings. The smallest absolute Gasteiger partial charge is 0.323 e. The predicted octanol–water partition coefficient (Wildman–Crippen LogP) is 3.46. The number of hydrogen-bond donors (Lipinski definition) is 1. The molecule has 1 unspecified atom stereocenters. The maximum absolute atomic E-state index is 12.8. The second-order valence-corrected chi connectivity index (χ2v) is 5.90. The van der Waals surface area contributed by atoms with E-state index in [0.29, 0.717) is 16.3 Å². The number of aryl methyl sites for hydroxylation is 1. The number of thiophene rings is 1. The lowest BCUT2D eigenvalue weighted by Crippen LogP contribution is -2.35. The van der Waals surface area contributed by atoms with E-state index in [-0.39, 0.29) is 24.4 Å². The van der Waals surface area contributed by atoms with Crippen LogP contribution in [0.2, 0.25) is 0 Å². The third kappa shape index (κ3) is 3.03. The highest BCUT2D eigenvalue weighted by Gasteiger charge is 2.47. The normalized spacial score (nSPS) is 17.5. The Balaban J connectivity index is 1.84. The first-order chi connectivity index (χ1) is 10.9. The van der Waals surface area contributed by atoms with Crippen molar-refractivity contribution in [1.82, 2.24) is 9.97 Å². The molecule has 1 aliphatic carbocycles. The first kappa shape index (κ1) is 15.4. The van der Waals surface area contributed by atoms with Gasteiger partial charge in [-0.2, -0.15) is 18.4 Å². The van der Waals surface area contributed by atoms with E-state index in [1.165, 1.54) is 11.3 Å². The number of nitrogens with one attached hydrogen (secondary N) is 1. The molecule has 0 radical (unpaired) electrons. The van der Waals surface area contributed by atoms with Crippen LogP contribution >= 0.6 is 11.3 Å². The Morgan fingerprint density at radius 3 is 2.87 bits per heavy atom. The van der Waals surface area contributed by atoms with E-state index < -0.39 is 17.9 Å². The van der Waals surface area contributed by atoms with Crippen molar-refractivity contribution in [3.05, 3.63) is 33.8 Å². The van der Waals surface area contributed by atoms with Crippen molar-refractivity contribution >= 4 is 28.8 Å². The van der Waals surface area contributed by atoms with Crippen molar-refractivity contribution in [2.45, 2.75) is 19.0 Å². The highest BCUT2D eigenvalue weighted by atomic mass is 32.1. The molecule has 118 valence electrons. The zero-order valence-electron chi connectivity index (χ0n) is 11.5. The maximum atomic E-state index is 12.8. The number of carbonyl (C=O) groups is 1. The van der Waals surface area contributed by atoms with E-state index in [1.54, 1.807) is 11.4 Å². The predicted molar refractivity (Wildman–Crippen MR) is 76.5 cm³/mol. The van der Waals surface area contributed by atoms with Gasteiger partial charge in [0, 0.05) is 11.6 Å². The van der Waals surface area contributed by atoms with E-state index in [9.17, 15) is 18.0 Å². The van der Waals surface area contributed by atoms with Crippen molar-refractivity contribution < 1.29 is 18.0 Å². The Morgan fingerprint density at radius 1 is 1.43 bits per heavy atom. The number of halogens is 3. The summed E-state index contributed by atoms with van der Waals surface area (Å²) in [5.74, 6) is -2.77. The molecule has 0 saturated carbocycles. The van der Waals surface area contributed by atoms with Gasteiger partial charge in [0.05, 0.1) is 16.9 Å². The number of carbonyl (C=O) groups excluding carboxylic acids is 1. The zero-order valence-corrected chi connectivity index (χ0v) is 12.3. The minimum absolute atomic E-state index is 0.0650. The van der Waals surface area contributed by atoms with Gasteiger partial charge in [-0.3, -0.25) is 4.79 Å². The number of fused-ring (bicyclic) bond motifs is 1. The third-order valence-corrected chi connectivity index (χ3v) is 4.32. The lowest BCUT2D eigenvalue weighted by Gasteiger charge is -2.24. The second kappa shape index (κ2) is 5.62. The van der Waals surface area contributed by atoms with Crippen LogP contribution in [0, 0.1) is 17.2 Å². The highest BCUT2D eigenvalue weighted by molar-refractivity contribution is 7.11. The molecular weight excluding hydrogens is 329 g/mol. The van der Waals surface area contributed by atoms with Crippen LogP contribution in [0.4, 0.5) is 24.8 Å². The minimum Gasteiger partial charge on any atom is -0.323 e. The van der Waals surface area contributed by atoms with Crippen molar-refractivity contribution in [2.24, 2.45) is 5.92 Å². The molecular formula is C14H9F3N4OS. The van der Waals surface area contributed by atoms with E-state index >= 15 is 0 Å². The van der Waals surface area contributed by atoms with Crippen molar-refractivity contribution in [1.29, 1.82) is 5.26 Å². The molecule has 0 amide bonds. The Bertz CT molecular complexity index is 809. The standard InChI is InChI=1S/C14H9F3N4OS/c15-14(16,17)10-1-2-11-9(12(10)22)5-19-13(21-11)20-7-3-8(4-18)23-6-7/h3,5-6,10H,1-2H2,(H,19,20,21). The molecule has 9 heteroatoms. The van der Waals surface area contributed by atoms with E-state index in [1.807, 2.05) is 6.07 Å². The zero-order chi connectivity index (χ0) is 16.6. The third-order valence-electron chi connectivity index (χ3n) is 3.48. The average Bonchev–Trinajstić information content (AvgIpc) is 2.94. The number of anilines is 2. The van der Waals surface area contributed by atoms with Crippen LogP contribution in [0.25, 0.3) is 0 Å². The van der Waals surface area contributed by atoms with Crippen LogP contribution < -0.4 is 5.32 Å². The Labute approximate surface area is 132 Å². The number of nitrogens with zero attached hydrogens (tertiary/aromatic N) is 3. The van der Waals surface area contributed by atoms with Crippen LogP contribution in [0.15, 0.2) is 17.6 Å². The van der Waals surface area contributed by atoms with Gasteiger partial charge in [0.2, 0.25) is 5.95 Å². The molecule has 2 aromatic rings. The molecule has 23 heavy (non-hydrogen) atoms. The lowest BCUT2D eigenvalue weighted by molar-refractivity contribution is -0.162. The largest absolute Gasteiger partial charge is 0.398 e. The number of rotatable bonds is 2. The second-order valence-electron chi connectivity index (χ2n) is 4.99. The fraction of sp³-hybridized carbons (Fsp3) is 0.286. The number of nitriles is 1. The number of ketones is 1. The molecule has 1 aliphatic rings. The summed E-state index contributed by atoms with van der Waals surface area (Å²) < 4.78 is 38.4. The SMILES string of the molecule is N#Cc1cc(Nc2ncc3c(n2)CCC(C(F)(F)F)C3=O)cs1. The Morgan fingerprint density at radius 2 is 2.22 bits per heavy atom. The van der Waals surface area contributed by atoms with E-state index in [2.05, 4.69) is 15.3 Å². The number of hydrogen-bond acceptors (Lipinski definition) is 6. The van der Waals surface area contributed by atoms with Gasteiger partial charge in [-0.05, 0) is 18.9 Å². The van der Waals surface area contributed by atoms with Crippen LogP contribution in [0.1, 0.15) is 27.3 Å². The van der Waals surface area contributed by atoms with Gasteiger partial charge in [0.1, 0.15) is 16.9 Å². The summed E-state index contributed by atoms with van der Waals surface area (Å²) in [6.07, 6.45) is -3.66. The summed E-state index contributed by atoms with van der Waals surface area (Å²) in [6.45, 7) is 0. The summed E-state index contributed by atoms with van der Waals surface area (Å²) >= 11 is 1.24. The van der Waals surface area contributed by atoms with Gasteiger partial charge in [-0.15, -0.1) is 11.3 Å². The summed E-state index contributed by atoms with van der Waals surface area (Å²) in [4.78, 5) is 20.5. The summed E-state index contributed by atoms with van der Waals surface area (Å²) in [6, 6.07) is 3.60. The molecule has 2 aromatic heterocycles. The van der Waals surface area contributed by atoms with Crippen LogP contribution in [0.5, 0.6) is 0 Å². The molecule has 1 N–H and O–H groups in total. The van der Waals surface area contributed by atoms with Crippen molar-refractivity contribution in [3.8, 4) is 6.07 Å². The Kier molecular flexibility index (Phi) is 3.77. The monoisotopic (exact) mass is 338 g/mol. The number of aromatic nitrogens is 2.